The lowest BCUT2D eigenvalue weighted by molar-refractivity contribution is 0.498. The molecule has 19 heavy (non-hydrogen) atoms. The van der Waals surface area contributed by atoms with Crippen LogP contribution in [-0.2, 0) is 16.6 Å². The van der Waals surface area contributed by atoms with Crippen molar-refractivity contribution in [2.75, 3.05) is 5.73 Å². The lowest BCUT2D eigenvalue weighted by atomic mass is 10.1. The molecule has 5 nitrogen and oxygen atoms in total. The Kier molecular flexibility index (Phi) is 3.64. The van der Waals surface area contributed by atoms with E-state index in [4.69, 9.17) is 10.2 Å². The number of benzene rings is 1. The molecule has 0 amide bonds. The molecule has 0 aliphatic carbocycles. The van der Waals surface area contributed by atoms with E-state index in [1.165, 1.54) is 6.26 Å². The van der Waals surface area contributed by atoms with Crippen LogP contribution in [0.2, 0.25) is 0 Å². The number of hydrogen-bond donors (Lipinski definition) is 2. The third kappa shape index (κ3) is 2.97. The largest absolute Gasteiger partial charge is 0.468 e. The summed E-state index contributed by atoms with van der Waals surface area (Å²) in [7, 11) is -3.60. The van der Waals surface area contributed by atoms with E-state index in [2.05, 4.69) is 4.72 Å². The molecule has 3 N–H and O–H groups in total. The maximum absolute atomic E-state index is 12.2. The Balaban J connectivity index is 2.29. The van der Waals surface area contributed by atoms with E-state index in [9.17, 15) is 8.42 Å². The molecule has 2 rings (SSSR count). The van der Waals surface area contributed by atoms with Crippen molar-refractivity contribution in [2.24, 2.45) is 0 Å². The maximum Gasteiger partial charge on any atom is 0.241 e. The number of hydrogen-bond acceptors (Lipinski definition) is 4. The molecule has 0 spiro atoms. The van der Waals surface area contributed by atoms with Gasteiger partial charge in [-0.2, -0.15) is 0 Å². The first-order chi connectivity index (χ1) is 8.90. The maximum atomic E-state index is 12.2. The second kappa shape index (κ2) is 5.07. The Morgan fingerprint density at radius 3 is 2.68 bits per heavy atom. The van der Waals surface area contributed by atoms with Crippen LogP contribution in [0.15, 0.2) is 39.8 Å². The molecule has 0 unspecified atom stereocenters. The van der Waals surface area contributed by atoms with Gasteiger partial charge in [-0.25, -0.2) is 13.1 Å². The summed E-state index contributed by atoms with van der Waals surface area (Å²) in [6.45, 7) is 3.61. The summed E-state index contributed by atoms with van der Waals surface area (Å²) in [6, 6.07) is 6.77. The Morgan fingerprint density at radius 1 is 1.32 bits per heavy atom. The molecular weight excluding hydrogens is 264 g/mol. The van der Waals surface area contributed by atoms with Gasteiger partial charge in [-0.15, -0.1) is 0 Å². The number of sulfonamides is 1. The van der Waals surface area contributed by atoms with Crippen LogP contribution in [0, 0.1) is 13.8 Å². The van der Waals surface area contributed by atoms with E-state index in [0.717, 1.165) is 5.56 Å². The molecule has 0 fully saturated rings. The molecule has 2 aromatic rings. The van der Waals surface area contributed by atoms with Crippen LogP contribution in [-0.4, -0.2) is 8.42 Å². The predicted molar refractivity (Wildman–Crippen MR) is 73.1 cm³/mol. The Bertz CT molecular complexity index is 676. The normalized spacial score (nSPS) is 11.7. The summed E-state index contributed by atoms with van der Waals surface area (Å²) < 4.78 is 32.1. The van der Waals surface area contributed by atoms with Crippen molar-refractivity contribution in [2.45, 2.75) is 25.3 Å². The van der Waals surface area contributed by atoms with Gasteiger partial charge >= 0.3 is 0 Å². The molecule has 0 aliphatic rings. The topological polar surface area (TPSA) is 85.3 Å². The smallest absolute Gasteiger partial charge is 0.241 e. The highest BCUT2D eigenvalue weighted by atomic mass is 32.2. The molecule has 0 bridgehead atoms. The highest BCUT2D eigenvalue weighted by Gasteiger charge is 2.18. The summed E-state index contributed by atoms with van der Waals surface area (Å²) in [4.78, 5) is 0.205. The van der Waals surface area contributed by atoms with Gasteiger partial charge in [0.05, 0.1) is 17.7 Å². The van der Waals surface area contributed by atoms with Crippen molar-refractivity contribution >= 4 is 15.7 Å². The Hall–Kier alpha value is -1.79. The minimum absolute atomic E-state index is 0.114. The van der Waals surface area contributed by atoms with Crippen molar-refractivity contribution in [1.82, 2.24) is 4.72 Å². The third-order valence-corrected chi connectivity index (χ3v) is 4.38. The van der Waals surface area contributed by atoms with Gasteiger partial charge in [-0.05, 0) is 49.2 Å². The van der Waals surface area contributed by atoms with Crippen LogP contribution in [0.3, 0.4) is 0 Å². The molecule has 1 heterocycles. The summed E-state index contributed by atoms with van der Waals surface area (Å²) in [5, 5.41) is 0. The van der Waals surface area contributed by atoms with E-state index in [0.29, 0.717) is 17.0 Å². The zero-order valence-corrected chi connectivity index (χ0v) is 11.6. The number of rotatable bonds is 4. The number of nitrogen functional groups attached to an aromatic ring is 1. The van der Waals surface area contributed by atoms with Crippen molar-refractivity contribution in [3.8, 4) is 0 Å². The molecule has 0 saturated heterocycles. The van der Waals surface area contributed by atoms with Gasteiger partial charge in [-0.3, -0.25) is 0 Å². The molecule has 1 aromatic heterocycles. The van der Waals surface area contributed by atoms with Crippen LogP contribution in [0.4, 0.5) is 5.69 Å². The van der Waals surface area contributed by atoms with E-state index in [-0.39, 0.29) is 11.4 Å². The number of anilines is 1. The van der Waals surface area contributed by atoms with Crippen LogP contribution in [0.5, 0.6) is 0 Å². The van der Waals surface area contributed by atoms with E-state index < -0.39 is 10.0 Å². The van der Waals surface area contributed by atoms with E-state index in [1.807, 2.05) is 0 Å². The Labute approximate surface area is 112 Å². The molecule has 0 saturated carbocycles. The Morgan fingerprint density at radius 2 is 2.05 bits per heavy atom. The fourth-order valence-electron chi connectivity index (χ4n) is 1.79. The lowest BCUT2D eigenvalue weighted by Crippen LogP contribution is -2.24. The monoisotopic (exact) mass is 280 g/mol. The van der Waals surface area contributed by atoms with Crippen LogP contribution >= 0.6 is 0 Å². The van der Waals surface area contributed by atoms with Gasteiger partial charge in [0.15, 0.2) is 0 Å². The van der Waals surface area contributed by atoms with Gasteiger partial charge in [0.1, 0.15) is 5.76 Å². The van der Waals surface area contributed by atoms with Gasteiger partial charge in [0, 0.05) is 5.69 Å². The highest BCUT2D eigenvalue weighted by molar-refractivity contribution is 7.89. The second-order valence-electron chi connectivity index (χ2n) is 4.38. The number of furan rings is 1. The zero-order valence-electron chi connectivity index (χ0n) is 10.8. The summed E-state index contributed by atoms with van der Waals surface area (Å²) in [5.74, 6) is 0.557. The first-order valence-electron chi connectivity index (χ1n) is 5.79. The average molecular weight is 280 g/mol. The third-order valence-electron chi connectivity index (χ3n) is 2.85. The fraction of sp³-hybridized carbons (Fsp3) is 0.231. The number of aryl methyl sites for hydroxylation is 1. The first kappa shape index (κ1) is 13.6. The summed E-state index contributed by atoms with van der Waals surface area (Å²) in [5.41, 5.74) is 7.63. The average Bonchev–Trinajstić information content (AvgIpc) is 2.84. The molecular formula is C13H16N2O3S. The zero-order chi connectivity index (χ0) is 14.0. The number of nitrogens with two attached hydrogens (primary N) is 1. The van der Waals surface area contributed by atoms with Gasteiger partial charge in [-0.1, -0.05) is 0 Å². The highest BCUT2D eigenvalue weighted by Crippen LogP contribution is 2.23. The predicted octanol–water partition coefficient (Wildman–Crippen LogP) is 1.96. The number of nitrogens with one attached hydrogen (secondary N) is 1. The van der Waals surface area contributed by atoms with Gasteiger partial charge in [0.25, 0.3) is 0 Å². The van der Waals surface area contributed by atoms with Crippen LogP contribution < -0.4 is 10.5 Å². The molecule has 102 valence electrons. The van der Waals surface area contributed by atoms with Gasteiger partial charge < -0.3 is 10.2 Å². The molecule has 0 atom stereocenters. The molecule has 0 radical (unpaired) electrons. The van der Waals surface area contributed by atoms with E-state index >= 15 is 0 Å². The quantitative estimate of drug-likeness (QED) is 0.838. The molecule has 1 aromatic carbocycles. The first-order valence-corrected chi connectivity index (χ1v) is 7.27. The summed E-state index contributed by atoms with van der Waals surface area (Å²) >= 11 is 0. The van der Waals surface area contributed by atoms with Crippen molar-refractivity contribution in [1.29, 1.82) is 0 Å². The van der Waals surface area contributed by atoms with Crippen LogP contribution in [0.1, 0.15) is 16.9 Å². The van der Waals surface area contributed by atoms with Crippen LogP contribution in [0.25, 0.3) is 0 Å². The van der Waals surface area contributed by atoms with Gasteiger partial charge in [0.2, 0.25) is 10.0 Å². The van der Waals surface area contributed by atoms with E-state index in [1.54, 1.807) is 38.1 Å². The van der Waals surface area contributed by atoms with Crippen molar-refractivity contribution in [3.63, 3.8) is 0 Å². The minimum Gasteiger partial charge on any atom is -0.468 e. The minimum atomic E-state index is -3.60. The molecule has 0 aliphatic heterocycles. The molecule has 6 heteroatoms. The van der Waals surface area contributed by atoms with Crippen molar-refractivity contribution in [3.05, 3.63) is 47.4 Å². The van der Waals surface area contributed by atoms with Crippen molar-refractivity contribution < 1.29 is 12.8 Å². The SMILES string of the molecule is Cc1cc(N)c(C)c(S(=O)(=O)NCc2ccco2)c1. The fourth-order valence-corrected chi connectivity index (χ4v) is 3.14. The summed E-state index contributed by atoms with van der Waals surface area (Å²) in [6.07, 6.45) is 1.50. The second-order valence-corrected chi connectivity index (χ2v) is 6.12. The standard InChI is InChI=1S/C13H16N2O3S/c1-9-6-12(14)10(2)13(7-9)19(16,17)15-8-11-4-3-5-18-11/h3-7,15H,8,14H2,1-2H3. The lowest BCUT2D eigenvalue weighted by Gasteiger charge is -2.11.